The van der Waals surface area contributed by atoms with Gasteiger partial charge in [0, 0.05) is 22.0 Å². The smallest absolute Gasteiger partial charge is 0.0871 e. The molecule has 2 atom stereocenters. The fourth-order valence-electron chi connectivity index (χ4n) is 2.09. The Labute approximate surface area is 126 Å². The van der Waals surface area contributed by atoms with Crippen LogP contribution < -0.4 is 5.73 Å². The summed E-state index contributed by atoms with van der Waals surface area (Å²) in [5.41, 5.74) is 7.66. The lowest BCUT2D eigenvalue weighted by Gasteiger charge is -2.23. The summed E-state index contributed by atoms with van der Waals surface area (Å²) in [6.07, 6.45) is -0.652. The molecular weight excluding hydrogens is 326 g/mol. The molecule has 0 saturated carbocycles. The van der Waals surface area contributed by atoms with Gasteiger partial charge in [0.2, 0.25) is 0 Å². The van der Waals surface area contributed by atoms with Crippen molar-refractivity contribution in [3.8, 4) is 0 Å². The number of hydrogen-bond donors (Lipinski definition) is 2. The quantitative estimate of drug-likeness (QED) is 0.887. The van der Waals surface area contributed by atoms with Crippen LogP contribution in [0.25, 0.3) is 0 Å². The van der Waals surface area contributed by atoms with E-state index in [1.54, 1.807) is 12.1 Å². The van der Waals surface area contributed by atoms with Gasteiger partial charge in [0.05, 0.1) is 6.10 Å². The van der Waals surface area contributed by atoms with E-state index in [2.05, 4.69) is 15.9 Å². The highest BCUT2D eigenvalue weighted by Gasteiger charge is 2.23. The molecule has 0 heterocycles. The second kappa shape index (κ2) is 6.53. The highest BCUT2D eigenvalue weighted by Crippen LogP contribution is 2.34. The molecule has 100 valence electrons. The van der Waals surface area contributed by atoms with E-state index in [1.807, 2.05) is 36.4 Å². The maximum Gasteiger partial charge on any atom is 0.0871 e. The SMILES string of the molecule is NCC(c1ccccc1Br)C(O)c1ccc(Cl)cc1. The molecule has 0 aliphatic carbocycles. The van der Waals surface area contributed by atoms with E-state index < -0.39 is 6.10 Å². The maximum atomic E-state index is 10.5. The van der Waals surface area contributed by atoms with Gasteiger partial charge in [-0.25, -0.2) is 0 Å². The summed E-state index contributed by atoms with van der Waals surface area (Å²) < 4.78 is 0.957. The molecule has 0 aromatic heterocycles. The van der Waals surface area contributed by atoms with E-state index >= 15 is 0 Å². The highest BCUT2D eigenvalue weighted by molar-refractivity contribution is 9.10. The largest absolute Gasteiger partial charge is 0.388 e. The topological polar surface area (TPSA) is 46.2 Å². The van der Waals surface area contributed by atoms with Crippen LogP contribution >= 0.6 is 27.5 Å². The van der Waals surface area contributed by atoms with Crippen LogP contribution in [0.1, 0.15) is 23.1 Å². The van der Waals surface area contributed by atoms with Gasteiger partial charge in [-0.3, -0.25) is 0 Å². The number of aliphatic hydroxyl groups is 1. The van der Waals surface area contributed by atoms with Crippen LogP contribution in [0, 0.1) is 0 Å². The van der Waals surface area contributed by atoms with Crippen LogP contribution in [0.5, 0.6) is 0 Å². The minimum Gasteiger partial charge on any atom is -0.388 e. The van der Waals surface area contributed by atoms with Crippen LogP contribution in [0.15, 0.2) is 53.0 Å². The third kappa shape index (κ3) is 3.37. The summed E-state index contributed by atoms with van der Waals surface area (Å²) in [5, 5.41) is 11.2. The van der Waals surface area contributed by atoms with E-state index in [1.165, 1.54) is 0 Å². The van der Waals surface area contributed by atoms with Crippen molar-refractivity contribution in [2.45, 2.75) is 12.0 Å². The lowest BCUT2D eigenvalue weighted by atomic mass is 9.89. The fraction of sp³-hybridized carbons (Fsp3) is 0.200. The molecular formula is C15H15BrClNO. The predicted octanol–water partition coefficient (Wildman–Crippen LogP) is 3.88. The van der Waals surface area contributed by atoms with Gasteiger partial charge in [0.1, 0.15) is 0 Å². The zero-order chi connectivity index (χ0) is 13.8. The first-order chi connectivity index (χ1) is 9.13. The summed E-state index contributed by atoms with van der Waals surface area (Å²) in [7, 11) is 0. The number of halogens is 2. The van der Waals surface area contributed by atoms with Gasteiger partial charge in [-0.2, -0.15) is 0 Å². The summed E-state index contributed by atoms with van der Waals surface area (Å²) in [6, 6.07) is 15.0. The number of aliphatic hydroxyl groups excluding tert-OH is 1. The first kappa shape index (κ1) is 14.5. The van der Waals surface area contributed by atoms with Gasteiger partial charge in [-0.1, -0.05) is 57.9 Å². The summed E-state index contributed by atoms with van der Waals surface area (Å²) in [5.74, 6) is -0.156. The zero-order valence-corrected chi connectivity index (χ0v) is 12.6. The second-order valence-corrected chi connectivity index (χ2v) is 5.65. The van der Waals surface area contributed by atoms with Gasteiger partial charge in [0.25, 0.3) is 0 Å². The van der Waals surface area contributed by atoms with Crippen molar-refractivity contribution in [1.29, 1.82) is 0 Å². The van der Waals surface area contributed by atoms with Crippen molar-refractivity contribution in [3.63, 3.8) is 0 Å². The molecule has 0 aliphatic heterocycles. The molecule has 4 heteroatoms. The Balaban J connectivity index is 2.32. The Morgan fingerprint density at radius 2 is 1.74 bits per heavy atom. The van der Waals surface area contributed by atoms with Crippen LogP contribution in [0.2, 0.25) is 5.02 Å². The normalized spacial score (nSPS) is 14.1. The monoisotopic (exact) mass is 339 g/mol. The number of hydrogen-bond acceptors (Lipinski definition) is 2. The molecule has 0 saturated heterocycles. The Morgan fingerprint density at radius 1 is 1.11 bits per heavy atom. The fourth-order valence-corrected chi connectivity index (χ4v) is 2.80. The molecule has 0 amide bonds. The van der Waals surface area contributed by atoms with E-state index in [0.29, 0.717) is 11.6 Å². The van der Waals surface area contributed by atoms with Gasteiger partial charge in [-0.15, -0.1) is 0 Å². The average molecular weight is 341 g/mol. The van der Waals surface area contributed by atoms with Crippen LogP contribution in [0.3, 0.4) is 0 Å². The molecule has 0 radical (unpaired) electrons. The molecule has 0 aliphatic rings. The van der Waals surface area contributed by atoms with Crippen molar-refractivity contribution in [1.82, 2.24) is 0 Å². The Morgan fingerprint density at radius 3 is 2.32 bits per heavy atom. The van der Waals surface area contributed by atoms with E-state index in [0.717, 1.165) is 15.6 Å². The van der Waals surface area contributed by atoms with Gasteiger partial charge < -0.3 is 10.8 Å². The lowest BCUT2D eigenvalue weighted by molar-refractivity contribution is 0.147. The number of benzene rings is 2. The minimum absolute atomic E-state index is 0.156. The number of rotatable bonds is 4. The van der Waals surface area contributed by atoms with Gasteiger partial charge >= 0.3 is 0 Å². The van der Waals surface area contributed by atoms with Crippen LogP contribution in [-0.2, 0) is 0 Å². The molecule has 0 bridgehead atoms. The molecule has 2 rings (SSSR count). The van der Waals surface area contributed by atoms with Gasteiger partial charge in [-0.05, 0) is 29.3 Å². The Hall–Kier alpha value is -0.870. The zero-order valence-electron chi connectivity index (χ0n) is 10.3. The molecule has 0 spiro atoms. The predicted molar refractivity (Wildman–Crippen MR) is 82.3 cm³/mol. The lowest BCUT2D eigenvalue weighted by Crippen LogP contribution is -2.20. The second-order valence-electron chi connectivity index (χ2n) is 4.36. The molecule has 2 nitrogen and oxygen atoms in total. The molecule has 3 N–H and O–H groups in total. The molecule has 2 aromatic carbocycles. The molecule has 2 unspecified atom stereocenters. The van der Waals surface area contributed by atoms with E-state index in [4.69, 9.17) is 17.3 Å². The van der Waals surface area contributed by atoms with Gasteiger partial charge in [0.15, 0.2) is 0 Å². The van der Waals surface area contributed by atoms with Crippen molar-refractivity contribution in [3.05, 3.63) is 69.2 Å². The standard InChI is InChI=1S/C15H15BrClNO/c16-14-4-2-1-3-12(14)13(9-18)15(19)10-5-7-11(17)8-6-10/h1-8,13,15,19H,9,18H2. The Kier molecular flexibility index (Phi) is 4.99. The van der Waals surface area contributed by atoms with Crippen molar-refractivity contribution >= 4 is 27.5 Å². The van der Waals surface area contributed by atoms with Crippen LogP contribution in [-0.4, -0.2) is 11.7 Å². The summed E-state index contributed by atoms with van der Waals surface area (Å²) in [6.45, 7) is 0.367. The minimum atomic E-state index is -0.652. The molecule has 19 heavy (non-hydrogen) atoms. The molecule has 0 fully saturated rings. The highest BCUT2D eigenvalue weighted by atomic mass is 79.9. The van der Waals surface area contributed by atoms with Crippen molar-refractivity contribution in [2.24, 2.45) is 5.73 Å². The first-order valence-electron chi connectivity index (χ1n) is 6.01. The maximum absolute atomic E-state index is 10.5. The van der Waals surface area contributed by atoms with E-state index in [-0.39, 0.29) is 5.92 Å². The number of nitrogens with two attached hydrogens (primary N) is 1. The summed E-state index contributed by atoms with van der Waals surface area (Å²) >= 11 is 9.36. The Bertz CT molecular complexity index is 544. The average Bonchev–Trinajstić information content (AvgIpc) is 2.42. The third-order valence-corrected chi connectivity index (χ3v) is 4.13. The van der Waals surface area contributed by atoms with Crippen molar-refractivity contribution in [2.75, 3.05) is 6.54 Å². The third-order valence-electron chi connectivity index (χ3n) is 3.15. The first-order valence-corrected chi connectivity index (χ1v) is 7.18. The summed E-state index contributed by atoms with van der Waals surface area (Å²) in [4.78, 5) is 0. The van der Waals surface area contributed by atoms with E-state index in [9.17, 15) is 5.11 Å². The van der Waals surface area contributed by atoms with Crippen molar-refractivity contribution < 1.29 is 5.11 Å². The van der Waals surface area contributed by atoms with Crippen LogP contribution in [0.4, 0.5) is 0 Å². The molecule has 2 aromatic rings.